The second kappa shape index (κ2) is 6.48. The van der Waals surface area contributed by atoms with Gasteiger partial charge in [-0.15, -0.1) is 11.8 Å². The fraction of sp³-hybridized carbons (Fsp3) is 0.600. The summed E-state index contributed by atoms with van der Waals surface area (Å²) >= 11 is 1.80. The maximum Gasteiger partial charge on any atom is 0.0367 e. The Kier molecular flexibility index (Phi) is 4.95. The summed E-state index contributed by atoms with van der Waals surface area (Å²) in [4.78, 5) is 3.86. The van der Waals surface area contributed by atoms with Gasteiger partial charge in [0.2, 0.25) is 0 Å². The minimum absolute atomic E-state index is 0.691. The lowest BCUT2D eigenvalue weighted by Gasteiger charge is -2.38. The molecule has 2 rings (SSSR count). The van der Waals surface area contributed by atoms with Crippen LogP contribution in [0.15, 0.2) is 29.2 Å². The van der Waals surface area contributed by atoms with Gasteiger partial charge in [0.25, 0.3) is 0 Å². The zero-order valence-corrected chi connectivity index (χ0v) is 12.5. The standard InChI is InChI=1S/C15H24N2S/c1-4-16-15-9-10-17(11-12(15)2)13-5-7-14(18-3)8-6-13/h5-8,12,15-16H,4,9-11H2,1-3H3. The van der Waals surface area contributed by atoms with E-state index in [1.54, 1.807) is 11.8 Å². The molecule has 0 spiro atoms. The quantitative estimate of drug-likeness (QED) is 0.841. The summed E-state index contributed by atoms with van der Waals surface area (Å²) in [5, 5.41) is 3.59. The monoisotopic (exact) mass is 264 g/mol. The molecule has 2 atom stereocenters. The Morgan fingerprint density at radius 3 is 2.61 bits per heavy atom. The average Bonchev–Trinajstić information content (AvgIpc) is 2.41. The van der Waals surface area contributed by atoms with E-state index in [-0.39, 0.29) is 0 Å². The second-order valence-electron chi connectivity index (χ2n) is 5.07. The molecule has 1 heterocycles. The first-order valence-electron chi connectivity index (χ1n) is 6.87. The van der Waals surface area contributed by atoms with E-state index in [9.17, 15) is 0 Å². The van der Waals surface area contributed by atoms with Crippen LogP contribution in [-0.2, 0) is 0 Å². The number of hydrogen-bond donors (Lipinski definition) is 1. The van der Waals surface area contributed by atoms with Gasteiger partial charge in [0.1, 0.15) is 0 Å². The van der Waals surface area contributed by atoms with E-state index in [2.05, 4.69) is 54.6 Å². The highest BCUT2D eigenvalue weighted by Crippen LogP contribution is 2.25. The molecule has 3 heteroatoms. The number of benzene rings is 1. The first kappa shape index (κ1) is 13.8. The molecule has 1 aliphatic heterocycles. The minimum Gasteiger partial charge on any atom is -0.371 e. The Balaban J connectivity index is 1.98. The van der Waals surface area contributed by atoms with Crippen molar-refractivity contribution in [2.45, 2.75) is 31.2 Å². The van der Waals surface area contributed by atoms with Gasteiger partial charge in [-0.05, 0) is 49.4 Å². The van der Waals surface area contributed by atoms with Crippen molar-refractivity contribution in [2.24, 2.45) is 5.92 Å². The topological polar surface area (TPSA) is 15.3 Å². The molecular formula is C15H24N2S. The van der Waals surface area contributed by atoms with Gasteiger partial charge < -0.3 is 10.2 Å². The Morgan fingerprint density at radius 2 is 2.06 bits per heavy atom. The van der Waals surface area contributed by atoms with Gasteiger partial charge in [-0.3, -0.25) is 0 Å². The van der Waals surface area contributed by atoms with E-state index in [1.165, 1.54) is 23.5 Å². The molecule has 1 fully saturated rings. The SMILES string of the molecule is CCNC1CCN(c2ccc(SC)cc2)CC1C. The molecule has 1 saturated heterocycles. The number of nitrogens with one attached hydrogen (secondary N) is 1. The molecule has 0 amide bonds. The summed E-state index contributed by atoms with van der Waals surface area (Å²) in [6.07, 6.45) is 3.37. The molecule has 0 bridgehead atoms. The Hall–Kier alpha value is -0.670. The normalized spacial score (nSPS) is 24.3. The zero-order valence-electron chi connectivity index (χ0n) is 11.6. The molecule has 2 unspecified atom stereocenters. The van der Waals surface area contributed by atoms with Crippen molar-refractivity contribution in [3.05, 3.63) is 24.3 Å². The first-order chi connectivity index (χ1) is 8.74. The lowest BCUT2D eigenvalue weighted by molar-refractivity contribution is 0.327. The third-order valence-corrected chi connectivity index (χ3v) is 4.55. The molecule has 1 N–H and O–H groups in total. The number of piperidine rings is 1. The van der Waals surface area contributed by atoms with Crippen LogP contribution >= 0.6 is 11.8 Å². The van der Waals surface area contributed by atoms with Crippen LogP contribution in [0.1, 0.15) is 20.3 Å². The largest absolute Gasteiger partial charge is 0.371 e. The van der Waals surface area contributed by atoms with Crippen molar-refractivity contribution >= 4 is 17.4 Å². The van der Waals surface area contributed by atoms with E-state index in [0.717, 1.165) is 19.0 Å². The number of anilines is 1. The van der Waals surface area contributed by atoms with Gasteiger partial charge in [0, 0.05) is 29.7 Å². The first-order valence-corrected chi connectivity index (χ1v) is 8.09. The fourth-order valence-corrected chi connectivity index (χ4v) is 3.15. The highest BCUT2D eigenvalue weighted by molar-refractivity contribution is 7.98. The third-order valence-electron chi connectivity index (χ3n) is 3.81. The summed E-state index contributed by atoms with van der Waals surface area (Å²) in [6.45, 7) is 7.96. The number of thioether (sulfide) groups is 1. The van der Waals surface area contributed by atoms with Gasteiger partial charge in [-0.1, -0.05) is 13.8 Å². The molecule has 0 aliphatic carbocycles. The Labute approximate surface area is 115 Å². The smallest absolute Gasteiger partial charge is 0.0367 e. The van der Waals surface area contributed by atoms with Crippen molar-refractivity contribution < 1.29 is 0 Å². The number of rotatable bonds is 4. The van der Waals surface area contributed by atoms with E-state index in [4.69, 9.17) is 0 Å². The zero-order chi connectivity index (χ0) is 13.0. The molecule has 1 aliphatic rings. The van der Waals surface area contributed by atoms with Crippen molar-refractivity contribution in [3.8, 4) is 0 Å². The molecule has 100 valence electrons. The van der Waals surface area contributed by atoms with Gasteiger partial charge in [-0.25, -0.2) is 0 Å². The molecule has 0 radical (unpaired) electrons. The Morgan fingerprint density at radius 1 is 1.33 bits per heavy atom. The second-order valence-corrected chi connectivity index (χ2v) is 5.95. The van der Waals surface area contributed by atoms with Crippen molar-refractivity contribution in [1.82, 2.24) is 5.32 Å². The third kappa shape index (κ3) is 3.21. The van der Waals surface area contributed by atoms with E-state index in [1.807, 2.05) is 0 Å². The highest BCUT2D eigenvalue weighted by atomic mass is 32.2. The fourth-order valence-electron chi connectivity index (χ4n) is 2.74. The van der Waals surface area contributed by atoms with Crippen LogP contribution in [0.25, 0.3) is 0 Å². The van der Waals surface area contributed by atoms with Crippen LogP contribution in [0.5, 0.6) is 0 Å². The maximum absolute atomic E-state index is 3.59. The Bertz CT molecular complexity index is 363. The van der Waals surface area contributed by atoms with Gasteiger partial charge in [0.15, 0.2) is 0 Å². The molecule has 1 aromatic rings. The van der Waals surface area contributed by atoms with Crippen molar-refractivity contribution in [2.75, 3.05) is 30.8 Å². The van der Waals surface area contributed by atoms with Crippen LogP contribution < -0.4 is 10.2 Å². The van der Waals surface area contributed by atoms with Crippen LogP contribution in [0.2, 0.25) is 0 Å². The summed E-state index contributed by atoms with van der Waals surface area (Å²) in [7, 11) is 0. The predicted molar refractivity (Wildman–Crippen MR) is 81.7 cm³/mol. The van der Waals surface area contributed by atoms with E-state index < -0.39 is 0 Å². The molecule has 0 saturated carbocycles. The van der Waals surface area contributed by atoms with Crippen LogP contribution in [-0.4, -0.2) is 31.9 Å². The highest BCUT2D eigenvalue weighted by Gasteiger charge is 2.25. The minimum atomic E-state index is 0.691. The molecule has 1 aromatic carbocycles. The van der Waals surface area contributed by atoms with Gasteiger partial charge in [-0.2, -0.15) is 0 Å². The molecular weight excluding hydrogens is 240 g/mol. The summed E-state index contributed by atoms with van der Waals surface area (Å²) in [5.41, 5.74) is 1.37. The van der Waals surface area contributed by atoms with Gasteiger partial charge >= 0.3 is 0 Å². The van der Waals surface area contributed by atoms with Crippen molar-refractivity contribution in [1.29, 1.82) is 0 Å². The number of nitrogens with zero attached hydrogens (tertiary/aromatic N) is 1. The predicted octanol–water partition coefficient (Wildman–Crippen LogP) is 3.23. The lowest BCUT2D eigenvalue weighted by Crippen LogP contribution is -2.48. The summed E-state index contributed by atoms with van der Waals surface area (Å²) in [6, 6.07) is 9.65. The average molecular weight is 264 g/mol. The van der Waals surface area contributed by atoms with E-state index in [0.29, 0.717) is 6.04 Å². The maximum atomic E-state index is 3.59. The molecule has 0 aromatic heterocycles. The van der Waals surface area contributed by atoms with Crippen LogP contribution in [0, 0.1) is 5.92 Å². The van der Waals surface area contributed by atoms with Crippen molar-refractivity contribution in [3.63, 3.8) is 0 Å². The summed E-state index contributed by atoms with van der Waals surface area (Å²) in [5.74, 6) is 0.721. The van der Waals surface area contributed by atoms with Crippen LogP contribution in [0.4, 0.5) is 5.69 Å². The van der Waals surface area contributed by atoms with Gasteiger partial charge in [0.05, 0.1) is 0 Å². The molecule has 2 nitrogen and oxygen atoms in total. The number of hydrogen-bond acceptors (Lipinski definition) is 3. The summed E-state index contributed by atoms with van der Waals surface area (Å²) < 4.78 is 0. The lowest BCUT2D eigenvalue weighted by atomic mass is 9.93. The van der Waals surface area contributed by atoms with E-state index >= 15 is 0 Å². The van der Waals surface area contributed by atoms with Crippen LogP contribution in [0.3, 0.4) is 0 Å². The molecule has 18 heavy (non-hydrogen) atoms.